The van der Waals surface area contributed by atoms with Crippen molar-refractivity contribution < 1.29 is 5.11 Å². The molecule has 0 spiro atoms. The van der Waals surface area contributed by atoms with E-state index in [0.717, 1.165) is 11.3 Å². The van der Waals surface area contributed by atoms with Gasteiger partial charge < -0.3 is 10.4 Å². The van der Waals surface area contributed by atoms with Crippen LogP contribution in [0, 0.1) is 0 Å². The average Bonchev–Trinajstić information content (AvgIpc) is 2.38. The number of halogens is 1. The molecule has 1 aromatic heterocycles. The summed E-state index contributed by atoms with van der Waals surface area (Å²) in [6, 6.07) is 11.1. The highest BCUT2D eigenvalue weighted by atomic mass is 35.5. The Balaban J connectivity index is 2.14. The zero-order valence-electron chi connectivity index (χ0n) is 9.10. The molecule has 0 fully saturated rings. The minimum atomic E-state index is 0.0701. The smallest absolute Gasteiger partial charge is 0.148 e. The molecule has 0 aliphatic carbocycles. The molecule has 0 unspecified atom stereocenters. The van der Waals surface area contributed by atoms with Gasteiger partial charge in [-0.1, -0.05) is 23.7 Å². The van der Waals surface area contributed by atoms with Gasteiger partial charge in [-0.2, -0.15) is 0 Å². The second-order valence-electron chi connectivity index (χ2n) is 3.46. The normalized spacial score (nSPS) is 10.2. The fourth-order valence-electron chi connectivity index (χ4n) is 1.39. The van der Waals surface area contributed by atoms with Crippen LogP contribution in [0.5, 0.6) is 0 Å². The van der Waals surface area contributed by atoms with E-state index in [1.807, 2.05) is 36.4 Å². The van der Waals surface area contributed by atoms with Crippen LogP contribution >= 0.6 is 11.6 Å². The Hall–Kier alpha value is -1.65. The molecule has 2 rings (SSSR count). The summed E-state index contributed by atoms with van der Waals surface area (Å²) in [7, 11) is 0. The van der Waals surface area contributed by atoms with Gasteiger partial charge in [-0.3, -0.25) is 0 Å². The standard InChI is InChI=1S/C12H12ClN3O/c13-10-3-1-9(2-4-10)11-5-6-12(16-15-11)14-7-8-17/h1-6,17H,7-8H2,(H,14,16). The van der Waals surface area contributed by atoms with Crippen molar-refractivity contribution in [2.75, 3.05) is 18.5 Å². The fraction of sp³-hybridized carbons (Fsp3) is 0.167. The Bertz CT molecular complexity index is 470. The van der Waals surface area contributed by atoms with Crippen LogP contribution < -0.4 is 5.32 Å². The highest BCUT2D eigenvalue weighted by Gasteiger charge is 2.00. The first-order valence-corrected chi connectivity index (χ1v) is 5.62. The number of hydrogen-bond acceptors (Lipinski definition) is 4. The number of benzene rings is 1. The lowest BCUT2D eigenvalue weighted by atomic mass is 10.1. The van der Waals surface area contributed by atoms with Crippen LogP contribution in [-0.4, -0.2) is 28.5 Å². The summed E-state index contributed by atoms with van der Waals surface area (Å²) in [5.41, 5.74) is 1.76. The van der Waals surface area contributed by atoms with Crippen molar-refractivity contribution >= 4 is 17.4 Å². The third-order valence-corrected chi connectivity index (χ3v) is 2.47. The molecule has 0 radical (unpaired) electrons. The summed E-state index contributed by atoms with van der Waals surface area (Å²) in [5, 5.41) is 20.4. The Morgan fingerprint density at radius 1 is 1.06 bits per heavy atom. The quantitative estimate of drug-likeness (QED) is 0.872. The predicted octanol–water partition coefficient (Wildman–Crippen LogP) is 2.20. The van der Waals surface area contributed by atoms with Crippen LogP contribution in [0.25, 0.3) is 11.3 Å². The molecule has 0 atom stereocenters. The molecule has 0 aliphatic heterocycles. The molecule has 0 amide bonds. The molecule has 1 aromatic carbocycles. The molecule has 2 N–H and O–H groups in total. The van der Waals surface area contributed by atoms with Gasteiger partial charge in [-0.25, -0.2) is 0 Å². The Kier molecular flexibility index (Phi) is 3.90. The monoisotopic (exact) mass is 249 g/mol. The third-order valence-electron chi connectivity index (χ3n) is 2.22. The van der Waals surface area contributed by atoms with E-state index in [2.05, 4.69) is 15.5 Å². The molecule has 5 heteroatoms. The minimum absolute atomic E-state index is 0.0701. The van der Waals surface area contributed by atoms with E-state index in [1.165, 1.54) is 0 Å². The molecule has 88 valence electrons. The number of hydrogen-bond donors (Lipinski definition) is 2. The van der Waals surface area contributed by atoms with Crippen LogP contribution in [0.2, 0.25) is 5.02 Å². The predicted molar refractivity (Wildman–Crippen MR) is 68.1 cm³/mol. The third kappa shape index (κ3) is 3.15. The van der Waals surface area contributed by atoms with Crippen molar-refractivity contribution in [2.45, 2.75) is 0 Å². The molecule has 17 heavy (non-hydrogen) atoms. The maximum Gasteiger partial charge on any atom is 0.148 e. The summed E-state index contributed by atoms with van der Waals surface area (Å²) >= 11 is 5.81. The topological polar surface area (TPSA) is 58.0 Å². The van der Waals surface area contributed by atoms with E-state index < -0.39 is 0 Å². The molecular weight excluding hydrogens is 238 g/mol. The molecule has 0 saturated heterocycles. The highest BCUT2D eigenvalue weighted by Crippen LogP contribution is 2.19. The van der Waals surface area contributed by atoms with Crippen LogP contribution in [0.15, 0.2) is 36.4 Å². The summed E-state index contributed by atoms with van der Waals surface area (Å²) < 4.78 is 0. The summed E-state index contributed by atoms with van der Waals surface area (Å²) in [6.07, 6.45) is 0. The van der Waals surface area contributed by atoms with E-state index in [9.17, 15) is 0 Å². The van der Waals surface area contributed by atoms with E-state index >= 15 is 0 Å². The Labute approximate surface area is 104 Å². The van der Waals surface area contributed by atoms with Crippen LogP contribution in [0.1, 0.15) is 0 Å². The number of aliphatic hydroxyl groups is 1. The number of aliphatic hydroxyl groups excluding tert-OH is 1. The van der Waals surface area contributed by atoms with Crippen molar-refractivity contribution in [3.05, 3.63) is 41.4 Å². The molecule has 2 aromatic rings. The van der Waals surface area contributed by atoms with Gasteiger partial charge >= 0.3 is 0 Å². The van der Waals surface area contributed by atoms with Crippen molar-refractivity contribution in [2.24, 2.45) is 0 Å². The maximum absolute atomic E-state index is 8.66. The lowest BCUT2D eigenvalue weighted by Crippen LogP contribution is -2.07. The minimum Gasteiger partial charge on any atom is -0.395 e. The first kappa shape index (κ1) is 11.8. The second kappa shape index (κ2) is 5.61. The summed E-state index contributed by atoms with van der Waals surface area (Å²) in [5.74, 6) is 0.650. The van der Waals surface area contributed by atoms with Crippen LogP contribution in [0.3, 0.4) is 0 Å². The van der Waals surface area contributed by atoms with Crippen molar-refractivity contribution in [3.8, 4) is 11.3 Å². The maximum atomic E-state index is 8.66. The molecule has 1 heterocycles. The summed E-state index contributed by atoms with van der Waals surface area (Å²) in [6.45, 7) is 0.537. The number of rotatable bonds is 4. The van der Waals surface area contributed by atoms with Crippen molar-refractivity contribution in [1.82, 2.24) is 10.2 Å². The van der Waals surface area contributed by atoms with E-state index in [-0.39, 0.29) is 6.61 Å². The number of anilines is 1. The lowest BCUT2D eigenvalue weighted by molar-refractivity contribution is 0.311. The molecular formula is C12H12ClN3O. The molecule has 0 aliphatic rings. The fourth-order valence-corrected chi connectivity index (χ4v) is 1.51. The molecule has 4 nitrogen and oxygen atoms in total. The van der Waals surface area contributed by atoms with Gasteiger partial charge in [0.25, 0.3) is 0 Å². The summed E-state index contributed by atoms with van der Waals surface area (Å²) in [4.78, 5) is 0. The van der Waals surface area contributed by atoms with Crippen LogP contribution in [0.4, 0.5) is 5.82 Å². The van der Waals surface area contributed by atoms with Gasteiger partial charge in [0.1, 0.15) is 5.82 Å². The van der Waals surface area contributed by atoms with E-state index in [0.29, 0.717) is 17.4 Å². The van der Waals surface area contributed by atoms with Crippen LogP contribution in [-0.2, 0) is 0 Å². The highest BCUT2D eigenvalue weighted by molar-refractivity contribution is 6.30. The number of aromatic nitrogens is 2. The van der Waals surface area contributed by atoms with Crippen molar-refractivity contribution in [3.63, 3.8) is 0 Å². The Morgan fingerprint density at radius 3 is 2.41 bits per heavy atom. The SMILES string of the molecule is OCCNc1ccc(-c2ccc(Cl)cc2)nn1. The molecule has 0 bridgehead atoms. The zero-order chi connectivity index (χ0) is 12.1. The first-order chi connectivity index (χ1) is 8.29. The van der Waals surface area contributed by atoms with Gasteiger partial charge in [0, 0.05) is 17.1 Å². The van der Waals surface area contributed by atoms with Gasteiger partial charge in [0.15, 0.2) is 0 Å². The van der Waals surface area contributed by atoms with Gasteiger partial charge in [-0.05, 0) is 24.3 Å². The van der Waals surface area contributed by atoms with Crippen molar-refractivity contribution in [1.29, 1.82) is 0 Å². The average molecular weight is 250 g/mol. The van der Waals surface area contributed by atoms with Gasteiger partial charge in [0.05, 0.1) is 12.3 Å². The van der Waals surface area contributed by atoms with E-state index in [1.54, 1.807) is 0 Å². The lowest BCUT2D eigenvalue weighted by Gasteiger charge is -2.04. The van der Waals surface area contributed by atoms with E-state index in [4.69, 9.17) is 16.7 Å². The van der Waals surface area contributed by atoms with Gasteiger partial charge in [-0.15, -0.1) is 10.2 Å². The number of nitrogens with one attached hydrogen (secondary N) is 1. The second-order valence-corrected chi connectivity index (χ2v) is 3.90. The largest absolute Gasteiger partial charge is 0.395 e. The Morgan fingerprint density at radius 2 is 1.82 bits per heavy atom. The molecule has 0 saturated carbocycles. The zero-order valence-corrected chi connectivity index (χ0v) is 9.85. The van der Waals surface area contributed by atoms with Gasteiger partial charge in [0.2, 0.25) is 0 Å². The first-order valence-electron chi connectivity index (χ1n) is 5.24. The number of nitrogens with zero attached hydrogens (tertiary/aromatic N) is 2.